The van der Waals surface area contributed by atoms with Crippen molar-refractivity contribution in [2.45, 2.75) is 32.7 Å². The van der Waals surface area contributed by atoms with Crippen LogP contribution in [0.25, 0.3) is 0 Å². The first-order valence-corrected chi connectivity index (χ1v) is 4.92. The molecule has 0 rings (SSSR count). The summed E-state index contributed by atoms with van der Waals surface area (Å²) in [5.41, 5.74) is 0. The molecule has 76 valence electrons. The molecular weight excluding hydrogens is 184 g/mol. The quantitative estimate of drug-likeness (QED) is 0.568. The molecule has 1 amide bonds. The maximum atomic E-state index is 11.1. The Kier molecular flexibility index (Phi) is 6.72. The Morgan fingerprint density at radius 3 is 2.69 bits per heavy atom. The first kappa shape index (κ1) is 12.5. The Balaban J connectivity index is 3.42. The van der Waals surface area contributed by atoms with Crippen LogP contribution in [0.3, 0.4) is 0 Å². The maximum Gasteiger partial charge on any atom is 0.226 e. The minimum Gasteiger partial charge on any atom is -0.321 e. The standard InChI is InChI=1S/C9H18N2OS/c1-4-7(2)10-6-5-9(12)11-8(3)13/h7,10,13H,3-6H2,1-2H3,(H,11,12). The molecule has 1 unspecified atom stereocenters. The van der Waals surface area contributed by atoms with E-state index in [1.165, 1.54) is 0 Å². The molecule has 0 bridgehead atoms. The Morgan fingerprint density at radius 2 is 2.23 bits per heavy atom. The van der Waals surface area contributed by atoms with Crippen molar-refractivity contribution in [3.8, 4) is 0 Å². The lowest BCUT2D eigenvalue weighted by atomic mass is 10.2. The lowest BCUT2D eigenvalue weighted by Gasteiger charge is -2.10. The van der Waals surface area contributed by atoms with Crippen molar-refractivity contribution >= 4 is 18.5 Å². The van der Waals surface area contributed by atoms with E-state index in [0.29, 0.717) is 24.0 Å². The molecule has 2 N–H and O–H groups in total. The Morgan fingerprint density at radius 1 is 1.62 bits per heavy atom. The summed E-state index contributed by atoms with van der Waals surface area (Å²) in [4.78, 5) is 11.1. The molecule has 0 fully saturated rings. The fourth-order valence-corrected chi connectivity index (χ4v) is 0.925. The average Bonchev–Trinajstić information content (AvgIpc) is 2.02. The highest BCUT2D eigenvalue weighted by molar-refractivity contribution is 7.84. The van der Waals surface area contributed by atoms with Gasteiger partial charge in [-0.2, -0.15) is 0 Å². The lowest BCUT2D eigenvalue weighted by Crippen LogP contribution is -2.30. The van der Waals surface area contributed by atoms with E-state index >= 15 is 0 Å². The van der Waals surface area contributed by atoms with Crippen molar-refractivity contribution in [1.82, 2.24) is 10.6 Å². The second-order valence-electron chi connectivity index (χ2n) is 3.01. The molecule has 0 saturated carbocycles. The van der Waals surface area contributed by atoms with Gasteiger partial charge in [-0.1, -0.05) is 13.5 Å². The highest BCUT2D eigenvalue weighted by atomic mass is 32.1. The molecule has 0 aliphatic rings. The first-order chi connectivity index (χ1) is 6.06. The summed E-state index contributed by atoms with van der Waals surface area (Å²) >= 11 is 3.87. The second kappa shape index (κ2) is 6.97. The third kappa shape index (κ3) is 7.87. The van der Waals surface area contributed by atoms with Crippen LogP contribution in [0.1, 0.15) is 26.7 Å². The largest absolute Gasteiger partial charge is 0.321 e. The molecular formula is C9H18N2OS. The predicted molar refractivity (Wildman–Crippen MR) is 58.6 cm³/mol. The number of nitrogens with one attached hydrogen (secondary N) is 2. The van der Waals surface area contributed by atoms with E-state index in [4.69, 9.17) is 0 Å². The zero-order chi connectivity index (χ0) is 10.3. The summed E-state index contributed by atoms with van der Waals surface area (Å²) < 4.78 is 0. The van der Waals surface area contributed by atoms with Gasteiger partial charge in [0.25, 0.3) is 0 Å². The van der Waals surface area contributed by atoms with E-state index in [1.54, 1.807) is 0 Å². The normalized spacial score (nSPS) is 12.2. The zero-order valence-corrected chi connectivity index (χ0v) is 9.16. The smallest absolute Gasteiger partial charge is 0.226 e. The van der Waals surface area contributed by atoms with Crippen LogP contribution in [-0.2, 0) is 4.79 Å². The summed E-state index contributed by atoms with van der Waals surface area (Å²) in [7, 11) is 0. The number of rotatable bonds is 6. The molecule has 0 radical (unpaired) electrons. The van der Waals surface area contributed by atoms with E-state index < -0.39 is 0 Å². The van der Waals surface area contributed by atoms with Gasteiger partial charge in [0.1, 0.15) is 0 Å². The number of carbonyl (C=O) groups excluding carboxylic acids is 1. The topological polar surface area (TPSA) is 41.1 Å². The van der Waals surface area contributed by atoms with Gasteiger partial charge >= 0.3 is 0 Å². The zero-order valence-electron chi connectivity index (χ0n) is 8.26. The molecule has 0 aromatic heterocycles. The molecule has 0 aromatic carbocycles. The highest BCUT2D eigenvalue weighted by Crippen LogP contribution is 1.91. The lowest BCUT2D eigenvalue weighted by molar-refractivity contribution is -0.120. The monoisotopic (exact) mass is 202 g/mol. The average molecular weight is 202 g/mol. The number of amides is 1. The van der Waals surface area contributed by atoms with E-state index in [1.807, 2.05) is 0 Å². The van der Waals surface area contributed by atoms with Gasteiger partial charge in [-0.3, -0.25) is 4.79 Å². The molecule has 0 aromatic rings. The number of carbonyl (C=O) groups is 1. The Labute approximate surface area is 85.4 Å². The fraction of sp³-hybridized carbons (Fsp3) is 0.667. The third-order valence-electron chi connectivity index (χ3n) is 1.74. The van der Waals surface area contributed by atoms with E-state index in [0.717, 1.165) is 6.42 Å². The molecule has 13 heavy (non-hydrogen) atoms. The van der Waals surface area contributed by atoms with E-state index in [2.05, 4.69) is 43.7 Å². The molecule has 4 heteroatoms. The summed E-state index contributed by atoms with van der Waals surface area (Å²) in [6.07, 6.45) is 1.53. The van der Waals surface area contributed by atoms with Gasteiger partial charge in [0, 0.05) is 19.0 Å². The van der Waals surface area contributed by atoms with Crippen molar-refractivity contribution in [1.29, 1.82) is 0 Å². The SMILES string of the molecule is C=C(S)NC(=O)CCNC(C)CC. The van der Waals surface area contributed by atoms with Crippen LogP contribution in [-0.4, -0.2) is 18.5 Å². The third-order valence-corrected chi connectivity index (χ3v) is 1.85. The van der Waals surface area contributed by atoms with Gasteiger partial charge in [0.2, 0.25) is 5.91 Å². The van der Waals surface area contributed by atoms with Gasteiger partial charge in [-0.05, 0) is 13.3 Å². The summed E-state index contributed by atoms with van der Waals surface area (Å²) in [5, 5.41) is 6.14. The molecule has 1 atom stereocenters. The van der Waals surface area contributed by atoms with Crippen LogP contribution in [0.2, 0.25) is 0 Å². The van der Waals surface area contributed by atoms with Crippen LogP contribution in [0, 0.1) is 0 Å². The number of hydrogen-bond donors (Lipinski definition) is 3. The van der Waals surface area contributed by atoms with Gasteiger partial charge in [0.15, 0.2) is 0 Å². The van der Waals surface area contributed by atoms with Crippen molar-refractivity contribution in [2.75, 3.05) is 6.54 Å². The second-order valence-corrected chi connectivity index (χ2v) is 3.55. The minimum absolute atomic E-state index is 0.0456. The minimum atomic E-state index is -0.0456. The Bertz CT molecular complexity index is 182. The highest BCUT2D eigenvalue weighted by Gasteiger charge is 2.02. The van der Waals surface area contributed by atoms with Gasteiger partial charge in [0.05, 0.1) is 5.03 Å². The molecule has 0 saturated heterocycles. The van der Waals surface area contributed by atoms with Crippen LogP contribution in [0.4, 0.5) is 0 Å². The molecule has 0 heterocycles. The van der Waals surface area contributed by atoms with E-state index in [9.17, 15) is 4.79 Å². The van der Waals surface area contributed by atoms with Crippen molar-refractivity contribution < 1.29 is 4.79 Å². The van der Waals surface area contributed by atoms with Crippen molar-refractivity contribution in [3.05, 3.63) is 11.6 Å². The van der Waals surface area contributed by atoms with Crippen molar-refractivity contribution in [2.24, 2.45) is 0 Å². The van der Waals surface area contributed by atoms with Crippen LogP contribution < -0.4 is 10.6 Å². The first-order valence-electron chi connectivity index (χ1n) is 4.47. The molecule has 0 spiro atoms. The van der Waals surface area contributed by atoms with Crippen LogP contribution in [0.5, 0.6) is 0 Å². The molecule has 3 nitrogen and oxygen atoms in total. The summed E-state index contributed by atoms with van der Waals surface area (Å²) in [6.45, 7) is 8.36. The summed E-state index contributed by atoms with van der Waals surface area (Å²) in [5.74, 6) is -0.0456. The maximum absolute atomic E-state index is 11.1. The van der Waals surface area contributed by atoms with Gasteiger partial charge < -0.3 is 10.6 Å². The van der Waals surface area contributed by atoms with Crippen LogP contribution >= 0.6 is 12.6 Å². The molecule has 0 aliphatic carbocycles. The fourth-order valence-electron chi connectivity index (χ4n) is 0.800. The number of thiol groups is 1. The van der Waals surface area contributed by atoms with Gasteiger partial charge in [-0.25, -0.2) is 0 Å². The van der Waals surface area contributed by atoms with Gasteiger partial charge in [-0.15, -0.1) is 12.6 Å². The number of hydrogen-bond acceptors (Lipinski definition) is 3. The van der Waals surface area contributed by atoms with E-state index in [-0.39, 0.29) is 5.91 Å². The predicted octanol–water partition coefficient (Wildman–Crippen LogP) is 1.28. The van der Waals surface area contributed by atoms with Crippen molar-refractivity contribution in [3.63, 3.8) is 0 Å². The summed E-state index contributed by atoms with van der Waals surface area (Å²) in [6, 6.07) is 0.465. The Hall–Kier alpha value is -0.480. The van der Waals surface area contributed by atoms with Crippen LogP contribution in [0.15, 0.2) is 11.6 Å². The molecule has 0 aliphatic heterocycles.